The fraction of sp³-hybridized carbons (Fsp3) is 0.333. The molecule has 0 atom stereocenters. The lowest BCUT2D eigenvalue weighted by Crippen LogP contribution is -2.45. The van der Waals surface area contributed by atoms with Gasteiger partial charge in [0.25, 0.3) is 0 Å². The fourth-order valence-electron chi connectivity index (χ4n) is 3.95. The minimum absolute atomic E-state index is 0.00289. The van der Waals surface area contributed by atoms with E-state index < -0.39 is 5.97 Å². The minimum atomic E-state index is -0.928. The highest BCUT2D eigenvalue weighted by molar-refractivity contribution is 5.92. The van der Waals surface area contributed by atoms with Gasteiger partial charge in [0, 0.05) is 24.0 Å². The molecule has 1 aliphatic rings. The second-order valence-electron chi connectivity index (χ2n) is 7.92. The topological polar surface area (TPSA) is 52.9 Å². The molecule has 4 heteroatoms. The maximum atomic E-state index is 11.3. The third kappa shape index (κ3) is 3.72. The van der Waals surface area contributed by atoms with E-state index in [2.05, 4.69) is 61.9 Å². The molecule has 4 nitrogen and oxygen atoms in total. The Balaban J connectivity index is 1.97. The summed E-state index contributed by atoms with van der Waals surface area (Å²) in [6.45, 7) is 11.7. The first-order valence-corrected chi connectivity index (χ1v) is 9.73. The maximum absolute atomic E-state index is 11.3. The van der Waals surface area contributed by atoms with Crippen LogP contribution in [-0.4, -0.2) is 29.4 Å². The van der Waals surface area contributed by atoms with E-state index >= 15 is 0 Å². The number of rotatable bonds is 5. The Morgan fingerprint density at radius 2 is 1.96 bits per heavy atom. The Kier molecular flexibility index (Phi) is 5.41. The van der Waals surface area contributed by atoms with E-state index in [1.54, 1.807) is 19.1 Å². The highest BCUT2D eigenvalue weighted by Gasteiger charge is 2.30. The van der Waals surface area contributed by atoms with Gasteiger partial charge in [-0.25, -0.2) is 4.79 Å². The molecule has 0 saturated carbocycles. The second kappa shape index (κ2) is 7.63. The largest absolute Gasteiger partial charge is 0.478 e. The molecule has 0 radical (unpaired) electrons. The quantitative estimate of drug-likeness (QED) is 0.665. The van der Waals surface area contributed by atoms with E-state index in [1.165, 1.54) is 16.8 Å². The smallest absolute Gasteiger partial charge is 0.336 e. The zero-order valence-electron chi connectivity index (χ0n) is 17.3. The molecule has 1 N–H and O–H groups in total. The number of carbonyl (C=O) groups is 1. The third-order valence-corrected chi connectivity index (χ3v) is 5.34. The molecule has 0 saturated heterocycles. The first kappa shape index (κ1) is 19.9. The van der Waals surface area contributed by atoms with Gasteiger partial charge in [0.1, 0.15) is 0 Å². The normalized spacial score (nSPS) is 15.5. The predicted octanol–water partition coefficient (Wildman–Crippen LogP) is 5.86. The van der Waals surface area contributed by atoms with Crippen molar-refractivity contribution >= 4 is 29.1 Å². The van der Waals surface area contributed by atoms with Crippen molar-refractivity contribution in [3.63, 3.8) is 0 Å². The van der Waals surface area contributed by atoms with E-state index in [4.69, 9.17) is 0 Å². The maximum Gasteiger partial charge on any atom is 0.336 e. The lowest BCUT2D eigenvalue weighted by atomic mass is 9.88. The van der Waals surface area contributed by atoms with Crippen LogP contribution in [-0.2, 0) is 0 Å². The van der Waals surface area contributed by atoms with Crippen LogP contribution in [0.15, 0.2) is 47.5 Å². The van der Waals surface area contributed by atoms with Gasteiger partial charge < -0.3 is 10.0 Å². The van der Waals surface area contributed by atoms with Crippen LogP contribution in [0.1, 0.15) is 61.2 Å². The summed E-state index contributed by atoms with van der Waals surface area (Å²) in [6.07, 6.45) is 5.23. The van der Waals surface area contributed by atoms with Crippen molar-refractivity contribution in [2.24, 2.45) is 4.99 Å². The molecule has 28 heavy (non-hydrogen) atoms. The van der Waals surface area contributed by atoms with Crippen molar-refractivity contribution in [2.75, 3.05) is 11.4 Å². The van der Waals surface area contributed by atoms with Crippen LogP contribution in [0.5, 0.6) is 0 Å². The Morgan fingerprint density at radius 3 is 2.64 bits per heavy atom. The lowest BCUT2D eigenvalue weighted by Gasteiger charge is -2.43. The zero-order chi connectivity index (χ0) is 20.5. The summed E-state index contributed by atoms with van der Waals surface area (Å²) in [6, 6.07) is 11.6. The summed E-state index contributed by atoms with van der Waals surface area (Å²) >= 11 is 0. The first-order chi connectivity index (χ1) is 13.2. The molecule has 1 heterocycles. The number of aromatic carboxylic acids is 1. The van der Waals surface area contributed by atoms with Crippen LogP contribution in [0.4, 0.5) is 11.4 Å². The van der Waals surface area contributed by atoms with Crippen LogP contribution in [0.2, 0.25) is 0 Å². The van der Waals surface area contributed by atoms with Crippen LogP contribution in [0, 0.1) is 6.92 Å². The average molecular weight is 377 g/mol. The minimum Gasteiger partial charge on any atom is -0.478 e. The van der Waals surface area contributed by atoms with Crippen LogP contribution in [0.3, 0.4) is 0 Å². The lowest BCUT2D eigenvalue weighted by molar-refractivity contribution is 0.0696. The van der Waals surface area contributed by atoms with E-state index in [0.717, 1.165) is 18.5 Å². The van der Waals surface area contributed by atoms with Crippen molar-refractivity contribution in [1.82, 2.24) is 0 Å². The van der Waals surface area contributed by atoms with Crippen molar-refractivity contribution in [3.8, 4) is 0 Å². The number of anilines is 1. The van der Waals surface area contributed by atoms with Crippen molar-refractivity contribution < 1.29 is 9.90 Å². The Morgan fingerprint density at radius 1 is 1.21 bits per heavy atom. The summed E-state index contributed by atoms with van der Waals surface area (Å²) < 4.78 is 0. The van der Waals surface area contributed by atoms with Crippen molar-refractivity contribution in [2.45, 2.75) is 46.6 Å². The molecule has 2 aromatic carbocycles. The molecule has 0 amide bonds. The standard InChI is InChI=1S/C24H28N2O2/c1-6-12-26-22-11-10-18(13-20(22)16(2)14-24(26,4)5)15-25-21-9-7-8-19(17(21)3)23(27)28/h7-11,13-15H,6,12H2,1-5H3,(H,27,28). The van der Waals surface area contributed by atoms with Crippen LogP contribution in [0.25, 0.3) is 5.57 Å². The van der Waals surface area contributed by atoms with Crippen LogP contribution < -0.4 is 4.90 Å². The van der Waals surface area contributed by atoms with Gasteiger partial charge in [0.15, 0.2) is 0 Å². The van der Waals surface area contributed by atoms with Gasteiger partial charge in [-0.05, 0) is 75.1 Å². The van der Waals surface area contributed by atoms with Crippen molar-refractivity contribution in [3.05, 3.63) is 64.7 Å². The average Bonchev–Trinajstić information content (AvgIpc) is 2.63. The van der Waals surface area contributed by atoms with E-state index in [1.807, 2.05) is 12.3 Å². The number of benzene rings is 2. The zero-order valence-corrected chi connectivity index (χ0v) is 17.3. The Hall–Kier alpha value is -2.88. The molecule has 0 bridgehead atoms. The molecule has 0 aliphatic carbocycles. The van der Waals surface area contributed by atoms with E-state index in [9.17, 15) is 9.90 Å². The predicted molar refractivity (Wildman–Crippen MR) is 117 cm³/mol. The van der Waals surface area contributed by atoms with Gasteiger partial charge in [-0.2, -0.15) is 0 Å². The highest BCUT2D eigenvalue weighted by atomic mass is 16.4. The monoisotopic (exact) mass is 376 g/mol. The number of nitrogens with zero attached hydrogens (tertiary/aromatic N) is 2. The van der Waals surface area contributed by atoms with Crippen molar-refractivity contribution in [1.29, 1.82) is 0 Å². The highest BCUT2D eigenvalue weighted by Crippen LogP contribution is 2.39. The molecule has 0 aromatic heterocycles. The number of allylic oxidation sites excluding steroid dienone is 1. The first-order valence-electron chi connectivity index (χ1n) is 9.73. The second-order valence-corrected chi connectivity index (χ2v) is 7.92. The van der Waals surface area contributed by atoms with E-state index in [0.29, 0.717) is 11.3 Å². The van der Waals surface area contributed by atoms with Gasteiger partial charge in [-0.15, -0.1) is 0 Å². The SMILES string of the molecule is CCCN1c2ccc(C=Nc3cccc(C(=O)O)c3C)cc2C(C)=CC1(C)C. The summed E-state index contributed by atoms with van der Waals surface area (Å²) in [7, 11) is 0. The molecular formula is C24H28N2O2. The number of carboxylic acids is 1. The Labute approximate surface area is 167 Å². The van der Waals surface area contributed by atoms with Gasteiger partial charge in [-0.1, -0.05) is 25.1 Å². The summed E-state index contributed by atoms with van der Waals surface area (Å²) in [5.74, 6) is -0.928. The molecular weight excluding hydrogens is 348 g/mol. The number of fused-ring (bicyclic) bond motifs is 1. The van der Waals surface area contributed by atoms with Gasteiger partial charge in [-0.3, -0.25) is 4.99 Å². The fourth-order valence-corrected chi connectivity index (χ4v) is 3.95. The number of hydrogen-bond donors (Lipinski definition) is 1. The Bertz CT molecular complexity index is 971. The van der Waals surface area contributed by atoms with Crippen LogP contribution >= 0.6 is 0 Å². The van der Waals surface area contributed by atoms with E-state index in [-0.39, 0.29) is 11.1 Å². The molecule has 1 aliphatic heterocycles. The molecule has 3 rings (SSSR count). The molecule has 0 unspecified atom stereocenters. The summed E-state index contributed by atoms with van der Waals surface area (Å²) in [5, 5.41) is 9.29. The van der Waals surface area contributed by atoms with Gasteiger partial charge >= 0.3 is 5.97 Å². The molecule has 0 fully saturated rings. The molecule has 2 aromatic rings. The number of carboxylic acid groups (broad SMARTS) is 1. The molecule has 0 spiro atoms. The van der Waals surface area contributed by atoms with Gasteiger partial charge in [0.05, 0.1) is 16.8 Å². The van der Waals surface area contributed by atoms with Gasteiger partial charge in [0.2, 0.25) is 0 Å². The number of hydrogen-bond acceptors (Lipinski definition) is 3. The summed E-state index contributed by atoms with van der Waals surface area (Å²) in [4.78, 5) is 18.3. The number of aliphatic imine (C=N–C) groups is 1. The molecule has 146 valence electrons. The third-order valence-electron chi connectivity index (χ3n) is 5.34. The summed E-state index contributed by atoms with van der Waals surface area (Å²) in [5.41, 5.74) is 6.40.